The molecule has 0 aromatic heterocycles. The zero-order valence-corrected chi connectivity index (χ0v) is 19.3. The average Bonchev–Trinajstić information content (AvgIpc) is 2.71. The summed E-state index contributed by atoms with van der Waals surface area (Å²) in [6, 6.07) is 9.42. The quantitative estimate of drug-likeness (QED) is 0.598. The van der Waals surface area contributed by atoms with Crippen LogP contribution in [0.4, 0.5) is 22.7 Å². The van der Waals surface area contributed by atoms with Crippen LogP contribution in [0.15, 0.2) is 34.1 Å². The number of unbranched alkanes of at least 4 members (excludes halogenated alkanes) is 1. The predicted octanol–water partition coefficient (Wildman–Crippen LogP) is 5.50. The summed E-state index contributed by atoms with van der Waals surface area (Å²) in [5, 5.41) is 3.76. The van der Waals surface area contributed by atoms with Gasteiger partial charge in [-0.25, -0.2) is 0 Å². The highest BCUT2D eigenvalue weighted by Crippen LogP contribution is 2.49. The Morgan fingerprint density at radius 3 is 2.31 bits per heavy atom. The van der Waals surface area contributed by atoms with E-state index >= 15 is 0 Å². The molecule has 0 atom stereocenters. The highest BCUT2D eigenvalue weighted by atomic mass is 32.2. The molecule has 2 aliphatic heterocycles. The molecule has 4 nitrogen and oxygen atoms in total. The SMILES string of the molecule is CCCCN(C)c1cc(C)c2c(c1)Sc1cc(N3CCN(C)CC3)cc(C)c1N2. The summed E-state index contributed by atoms with van der Waals surface area (Å²) >= 11 is 1.92. The Morgan fingerprint density at radius 2 is 1.62 bits per heavy atom. The van der Waals surface area contributed by atoms with Crippen LogP contribution in [0.5, 0.6) is 0 Å². The lowest BCUT2D eigenvalue weighted by Gasteiger charge is -2.35. The van der Waals surface area contributed by atoms with Crippen LogP contribution in [0.3, 0.4) is 0 Å². The lowest BCUT2D eigenvalue weighted by atomic mass is 10.1. The Hall–Kier alpha value is -1.85. The van der Waals surface area contributed by atoms with Crippen molar-refractivity contribution in [2.45, 2.75) is 43.4 Å². The van der Waals surface area contributed by atoms with Crippen LogP contribution in [0, 0.1) is 13.8 Å². The van der Waals surface area contributed by atoms with Gasteiger partial charge in [0.2, 0.25) is 0 Å². The third-order valence-electron chi connectivity index (χ3n) is 6.19. The van der Waals surface area contributed by atoms with E-state index in [-0.39, 0.29) is 0 Å². The lowest BCUT2D eigenvalue weighted by Crippen LogP contribution is -2.44. The molecule has 2 heterocycles. The predicted molar refractivity (Wildman–Crippen MR) is 128 cm³/mol. The number of likely N-dealkylation sites (N-methyl/N-ethyl adjacent to an activating group) is 1. The maximum atomic E-state index is 3.76. The Morgan fingerprint density at radius 1 is 0.966 bits per heavy atom. The van der Waals surface area contributed by atoms with Crippen molar-refractivity contribution in [2.75, 3.05) is 61.9 Å². The molecule has 0 spiro atoms. The van der Waals surface area contributed by atoms with Crippen molar-refractivity contribution in [2.24, 2.45) is 0 Å². The van der Waals surface area contributed by atoms with Crippen LogP contribution in [0.25, 0.3) is 0 Å². The molecule has 0 saturated carbocycles. The van der Waals surface area contributed by atoms with E-state index < -0.39 is 0 Å². The van der Waals surface area contributed by atoms with Crippen LogP contribution >= 0.6 is 11.8 Å². The standard InChI is InChI=1S/C24H34N4S/c1-6-7-8-27(5)19-13-17(2)23-21(15-19)29-22-16-20(14-18(3)24(22)25-23)28-11-9-26(4)10-12-28/h13-16,25H,6-12H2,1-5H3. The van der Waals surface area contributed by atoms with Gasteiger partial charge < -0.3 is 20.0 Å². The van der Waals surface area contributed by atoms with E-state index in [1.54, 1.807) is 0 Å². The Bertz CT molecular complexity index is 887. The number of nitrogens with one attached hydrogen (secondary N) is 1. The van der Waals surface area contributed by atoms with Crippen LogP contribution in [-0.4, -0.2) is 51.7 Å². The van der Waals surface area contributed by atoms with Crippen molar-refractivity contribution in [3.8, 4) is 0 Å². The average molecular weight is 411 g/mol. The van der Waals surface area contributed by atoms with Crippen LogP contribution in [0.1, 0.15) is 30.9 Å². The first-order valence-corrected chi connectivity index (χ1v) is 11.7. The topological polar surface area (TPSA) is 21.8 Å². The Balaban J connectivity index is 1.62. The van der Waals surface area contributed by atoms with E-state index in [0.717, 1.165) is 32.7 Å². The number of nitrogens with zero attached hydrogens (tertiary/aromatic N) is 3. The highest BCUT2D eigenvalue weighted by molar-refractivity contribution is 7.99. The molecule has 0 radical (unpaired) electrons. The number of anilines is 4. The van der Waals surface area contributed by atoms with Crippen LogP contribution in [-0.2, 0) is 0 Å². The summed E-state index contributed by atoms with van der Waals surface area (Å²) in [6.45, 7) is 12.3. The van der Waals surface area contributed by atoms with Gasteiger partial charge in [0.15, 0.2) is 0 Å². The molecule has 0 bridgehead atoms. The van der Waals surface area contributed by atoms with Gasteiger partial charge in [0.1, 0.15) is 0 Å². The van der Waals surface area contributed by atoms with E-state index in [0.29, 0.717) is 0 Å². The molecule has 1 fully saturated rings. The Kier molecular flexibility index (Phi) is 5.98. The molecule has 0 amide bonds. The minimum Gasteiger partial charge on any atom is -0.375 e. The van der Waals surface area contributed by atoms with Crippen molar-refractivity contribution < 1.29 is 0 Å². The normalized spacial score (nSPS) is 16.2. The molecule has 1 N–H and O–H groups in total. The summed E-state index contributed by atoms with van der Waals surface area (Å²) in [6.07, 6.45) is 2.46. The van der Waals surface area contributed by atoms with E-state index in [9.17, 15) is 0 Å². The smallest absolute Gasteiger partial charge is 0.0557 e. The van der Waals surface area contributed by atoms with Crippen molar-refractivity contribution in [3.63, 3.8) is 0 Å². The molecular formula is C24H34N4S. The number of hydrogen-bond acceptors (Lipinski definition) is 5. The largest absolute Gasteiger partial charge is 0.375 e. The monoisotopic (exact) mass is 410 g/mol. The first kappa shape index (κ1) is 20.4. The summed E-state index contributed by atoms with van der Waals surface area (Å²) in [5.74, 6) is 0. The van der Waals surface area contributed by atoms with Gasteiger partial charge in [-0.15, -0.1) is 0 Å². The Labute approximate surface area is 180 Å². The van der Waals surface area contributed by atoms with Gasteiger partial charge >= 0.3 is 0 Å². The fourth-order valence-corrected chi connectivity index (χ4v) is 5.41. The van der Waals surface area contributed by atoms with Crippen molar-refractivity contribution >= 4 is 34.5 Å². The minimum atomic E-state index is 1.11. The fraction of sp³-hybridized carbons (Fsp3) is 0.500. The zero-order chi connectivity index (χ0) is 20.5. The second-order valence-corrected chi connectivity index (χ2v) is 9.65. The fourth-order valence-electron chi connectivity index (χ4n) is 4.19. The lowest BCUT2D eigenvalue weighted by molar-refractivity contribution is 0.313. The van der Waals surface area contributed by atoms with E-state index in [2.05, 4.69) is 79.1 Å². The molecule has 5 heteroatoms. The first-order valence-electron chi connectivity index (χ1n) is 10.8. The molecule has 2 aromatic rings. The number of fused-ring (bicyclic) bond motifs is 2. The van der Waals surface area contributed by atoms with Crippen molar-refractivity contribution in [1.29, 1.82) is 0 Å². The number of aryl methyl sites for hydroxylation is 2. The van der Waals surface area contributed by atoms with Crippen molar-refractivity contribution in [3.05, 3.63) is 35.4 Å². The number of hydrogen-bond donors (Lipinski definition) is 1. The van der Waals surface area contributed by atoms with Gasteiger partial charge in [0, 0.05) is 60.9 Å². The summed E-state index contributed by atoms with van der Waals surface area (Å²) in [7, 11) is 4.42. The maximum absolute atomic E-state index is 3.76. The maximum Gasteiger partial charge on any atom is 0.0557 e. The van der Waals surface area contributed by atoms with Gasteiger partial charge in [-0.05, 0) is 62.7 Å². The van der Waals surface area contributed by atoms with E-state index in [4.69, 9.17) is 0 Å². The molecule has 4 rings (SSSR count). The zero-order valence-electron chi connectivity index (χ0n) is 18.5. The van der Waals surface area contributed by atoms with Gasteiger partial charge in [-0.3, -0.25) is 0 Å². The number of benzene rings is 2. The van der Waals surface area contributed by atoms with E-state index in [1.165, 1.54) is 56.5 Å². The van der Waals surface area contributed by atoms with Crippen LogP contribution < -0.4 is 15.1 Å². The highest BCUT2D eigenvalue weighted by Gasteiger charge is 2.23. The summed E-state index contributed by atoms with van der Waals surface area (Å²) < 4.78 is 0. The molecule has 156 valence electrons. The number of rotatable bonds is 5. The molecule has 2 aliphatic rings. The van der Waals surface area contributed by atoms with Gasteiger partial charge in [0.05, 0.1) is 11.4 Å². The van der Waals surface area contributed by atoms with Gasteiger partial charge in [-0.1, -0.05) is 25.1 Å². The summed E-state index contributed by atoms with van der Waals surface area (Å²) in [5.41, 5.74) is 7.88. The first-order chi connectivity index (χ1) is 14.0. The van der Waals surface area contributed by atoms with Crippen LogP contribution in [0.2, 0.25) is 0 Å². The van der Waals surface area contributed by atoms with E-state index in [1.807, 2.05) is 11.8 Å². The second kappa shape index (κ2) is 8.49. The minimum absolute atomic E-state index is 1.11. The van der Waals surface area contributed by atoms with Crippen molar-refractivity contribution in [1.82, 2.24) is 4.90 Å². The summed E-state index contributed by atoms with van der Waals surface area (Å²) in [4.78, 5) is 10.0. The molecule has 0 aliphatic carbocycles. The third-order valence-corrected chi connectivity index (χ3v) is 7.28. The van der Waals surface area contributed by atoms with Gasteiger partial charge in [0.25, 0.3) is 0 Å². The second-order valence-electron chi connectivity index (χ2n) is 8.56. The van der Waals surface area contributed by atoms with Gasteiger partial charge in [-0.2, -0.15) is 0 Å². The number of piperazine rings is 1. The third kappa shape index (κ3) is 4.22. The molecule has 29 heavy (non-hydrogen) atoms. The molecule has 0 unspecified atom stereocenters. The molecular weight excluding hydrogens is 376 g/mol. The molecule has 2 aromatic carbocycles. The molecule has 1 saturated heterocycles.